The summed E-state index contributed by atoms with van der Waals surface area (Å²) in [6, 6.07) is 0. The van der Waals surface area contributed by atoms with Gasteiger partial charge in [-0.2, -0.15) is 0 Å². The zero-order chi connectivity index (χ0) is 7.68. The fraction of sp³-hybridized carbons (Fsp3) is 1.00. The Morgan fingerprint density at radius 2 is 1.82 bits per heavy atom. The maximum absolute atomic E-state index is 5.32. The highest BCUT2D eigenvalue weighted by Gasteiger charge is 2.34. The Kier molecular flexibility index (Phi) is 2.17. The van der Waals surface area contributed by atoms with Gasteiger partial charge in [0.25, 0.3) is 0 Å². The van der Waals surface area contributed by atoms with Crippen LogP contribution in [0.1, 0.15) is 39.0 Å². The van der Waals surface area contributed by atoms with Gasteiger partial charge in [0, 0.05) is 0 Å². The van der Waals surface area contributed by atoms with E-state index in [-0.39, 0.29) is 0 Å². The Hall–Kier alpha value is -0.0400. The SMILES string of the molecule is CC(C1CCCCC1)C1CO1. The molecule has 0 N–H and O–H groups in total. The fourth-order valence-corrected chi connectivity index (χ4v) is 2.32. The molecule has 1 aliphatic heterocycles. The number of rotatable bonds is 2. The quantitative estimate of drug-likeness (QED) is 0.557. The Bertz CT molecular complexity index is 123. The third kappa shape index (κ3) is 1.76. The molecule has 0 amide bonds. The Balaban J connectivity index is 1.81. The zero-order valence-electron chi connectivity index (χ0n) is 7.38. The van der Waals surface area contributed by atoms with Crippen molar-refractivity contribution in [1.29, 1.82) is 0 Å². The largest absolute Gasteiger partial charge is 0.373 e. The molecule has 2 fully saturated rings. The van der Waals surface area contributed by atoms with E-state index in [0.717, 1.165) is 18.4 Å². The molecule has 1 nitrogen and oxygen atoms in total. The number of epoxide rings is 1. The second-order valence-electron chi connectivity index (χ2n) is 4.13. The highest BCUT2D eigenvalue weighted by molar-refractivity contribution is 4.82. The Morgan fingerprint density at radius 3 is 2.36 bits per heavy atom. The minimum Gasteiger partial charge on any atom is -0.373 e. The van der Waals surface area contributed by atoms with Gasteiger partial charge in [-0.05, 0) is 11.8 Å². The topological polar surface area (TPSA) is 12.5 Å². The minimum absolute atomic E-state index is 0.637. The first-order valence-electron chi connectivity index (χ1n) is 4.99. The van der Waals surface area contributed by atoms with E-state index in [1.807, 2.05) is 0 Å². The summed E-state index contributed by atoms with van der Waals surface area (Å²) in [5.74, 6) is 1.83. The minimum atomic E-state index is 0.637. The van der Waals surface area contributed by atoms with Gasteiger partial charge in [0.1, 0.15) is 0 Å². The van der Waals surface area contributed by atoms with Crippen LogP contribution < -0.4 is 0 Å². The lowest BCUT2D eigenvalue weighted by Crippen LogP contribution is -2.19. The monoisotopic (exact) mass is 154 g/mol. The third-order valence-electron chi connectivity index (χ3n) is 3.34. The van der Waals surface area contributed by atoms with E-state index in [0.29, 0.717) is 6.10 Å². The van der Waals surface area contributed by atoms with E-state index in [1.165, 1.54) is 32.1 Å². The predicted octanol–water partition coefficient (Wildman–Crippen LogP) is 2.60. The molecule has 0 spiro atoms. The van der Waals surface area contributed by atoms with Gasteiger partial charge in [-0.1, -0.05) is 39.0 Å². The average Bonchev–Trinajstić information content (AvgIpc) is 2.87. The predicted molar refractivity (Wildman–Crippen MR) is 45.5 cm³/mol. The summed E-state index contributed by atoms with van der Waals surface area (Å²) < 4.78 is 5.32. The van der Waals surface area contributed by atoms with Gasteiger partial charge in [0.2, 0.25) is 0 Å². The highest BCUT2D eigenvalue weighted by Crippen LogP contribution is 2.35. The van der Waals surface area contributed by atoms with E-state index in [4.69, 9.17) is 4.74 Å². The van der Waals surface area contributed by atoms with Crippen molar-refractivity contribution in [2.45, 2.75) is 45.1 Å². The molecule has 2 aliphatic rings. The number of hydrogen-bond donors (Lipinski definition) is 0. The Morgan fingerprint density at radius 1 is 1.18 bits per heavy atom. The Labute approximate surface area is 69.1 Å². The molecular weight excluding hydrogens is 136 g/mol. The standard InChI is InChI=1S/C10H18O/c1-8(10-7-11-10)9-5-3-2-4-6-9/h8-10H,2-7H2,1H3. The van der Waals surface area contributed by atoms with Crippen molar-refractivity contribution in [1.82, 2.24) is 0 Å². The van der Waals surface area contributed by atoms with Gasteiger partial charge in [0.15, 0.2) is 0 Å². The van der Waals surface area contributed by atoms with Crippen LogP contribution in [-0.2, 0) is 4.74 Å². The molecule has 11 heavy (non-hydrogen) atoms. The first kappa shape index (κ1) is 7.60. The summed E-state index contributed by atoms with van der Waals surface area (Å²) in [5.41, 5.74) is 0. The van der Waals surface area contributed by atoms with Gasteiger partial charge >= 0.3 is 0 Å². The molecule has 0 aromatic heterocycles. The molecular formula is C10H18O. The molecule has 2 atom stereocenters. The zero-order valence-corrected chi connectivity index (χ0v) is 7.38. The molecule has 1 heterocycles. The van der Waals surface area contributed by atoms with Crippen molar-refractivity contribution in [2.75, 3.05) is 6.61 Å². The van der Waals surface area contributed by atoms with Crippen LogP contribution in [0.25, 0.3) is 0 Å². The number of ether oxygens (including phenoxy) is 1. The van der Waals surface area contributed by atoms with Crippen LogP contribution in [-0.4, -0.2) is 12.7 Å². The van der Waals surface area contributed by atoms with E-state index in [9.17, 15) is 0 Å². The summed E-state index contributed by atoms with van der Waals surface area (Å²) >= 11 is 0. The summed E-state index contributed by atoms with van der Waals surface area (Å²) in [5, 5.41) is 0. The van der Waals surface area contributed by atoms with Crippen molar-refractivity contribution < 1.29 is 4.74 Å². The van der Waals surface area contributed by atoms with Gasteiger partial charge in [-0.15, -0.1) is 0 Å². The molecule has 1 saturated heterocycles. The summed E-state index contributed by atoms with van der Waals surface area (Å²) in [6.45, 7) is 3.41. The summed E-state index contributed by atoms with van der Waals surface area (Å²) in [6.07, 6.45) is 7.94. The van der Waals surface area contributed by atoms with Crippen molar-refractivity contribution in [2.24, 2.45) is 11.8 Å². The van der Waals surface area contributed by atoms with E-state index >= 15 is 0 Å². The molecule has 1 aliphatic carbocycles. The molecule has 0 aromatic carbocycles. The van der Waals surface area contributed by atoms with Gasteiger partial charge in [-0.25, -0.2) is 0 Å². The maximum Gasteiger partial charge on any atom is 0.0838 e. The molecule has 1 saturated carbocycles. The van der Waals surface area contributed by atoms with Crippen LogP contribution in [0.15, 0.2) is 0 Å². The smallest absolute Gasteiger partial charge is 0.0838 e. The lowest BCUT2D eigenvalue weighted by atomic mass is 9.79. The second kappa shape index (κ2) is 3.14. The van der Waals surface area contributed by atoms with Crippen LogP contribution in [0.4, 0.5) is 0 Å². The van der Waals surface area contributed by atoms with E-state index < -0.39 is 0 Å². The van der Waals surface area contributed by atoms with Crippen LogP contribution in [0.2, 0.25) is 0 Å². The fourth-order valence-electron chi connectivity index (χ4n) is 2.32. The van der Waals surface area contributed by atoms with Crippen molar-refractivity contribution in [3.63, 3.8) is 0 Å². The first-order valence-corrected chi connectivity index (χ1v) is 4.99. The first-order chi connectivity index (χ1) is 5.38. The van der Waals surface area contributed by atoms with Crippen LogP contribution in [0.5, 0.6) is 0 Å². The second-order valence-corrected chi connectivity index (χ2v) is 4.13. The number of hydrogen-bond acceptors (Lipinski definition) is 1. The van der Waals surface area contributed by atoms with Crippen molar-refractivity contribution in [3.05, 3.63) is 0 Å². The summed E-state index contributed by atoms with van der Waals surface area (Å²) in [4.78, 5) is 0. The van der Waals surface area contributed by atoms with Crippen molar-refractivity contribution >= 4 is 0 Å². The summed E-state index contributed by atoms with van der Waals surface area (Å²) in [7, 11) is 0. The lowest BCUT2D eigenvalue weighted by Gasteiger charge is -2.26. The normalized spacial score (nSPS) is 35.2. The van der Waals surface area contributed by atoms with Gasteiger partial charge < -0.3 is 4.74 Å². The molecule has 0 bridgehead atoms. The van der Waals surface area contributed by atoms with Gasteiger partial charge in [-0.3, -0.25) is 0 Å². The molecule has 0 radical (unpaired) electrons. The molecule has 1 heteroatoms. The third-order valence-corrected chi connectivity index (χ3v) is 3.34. The van der Waals surface area contributed by atoms with Crippen LogP contribution >= 0.6 is 0 Å². The maximum atomic E-state index is 5.32. The average molecular weight is 154 g/mol. The van der Waals surface area contributed by atoms with Gasteiger partial charge in [0.05, 0.1) is 12.7 Å². The van der Waals surface area contributed by atoms with Crippen LogP contribution in [0, 0.1) is 11.8 Å². The molecule has 64 valence electrons. The lowest BCUT2D eigenvalue weighted by molar-refractivity contribution is 0.214. The van der Waals surface area contributed by atoms with Crippen molar-refractivity contribution in [3.8, 4) is 0 Å². The molecule has 2 rings (SSSR count). The van der Waals surface area contributed by atoms with Crippen LogP contribution in [0.3, 0.4) is 0 Å². The van der Waals surface area contributed by atoms with E-state index in [2.05, 4.69) is 6.92 Å². The highest BCUT2D eigenvalue weighted by atomic mass is 16.6. The molecule has 2 unspecified atom stereocenters. The van der Waals surface area contributed by atoms with E-state index in [1.54, 1.807) is 0 Å². The molecule has 0 aromatic rings.